The molecule has 0 aromatic carbocycles. The minimum Gasteiger partial charge on any atom is -0.324 e. The lowest BCUT2D eigenvalue weighted by molar-refractivity contribution is 0.369. The molecule has 1 heterocycles. The van der Waals surface area contributed by atoms with Crippen molar-refractivity contribution in [3.8, 4) is 0 Å². The topological polar surface area (TPSA) is 38.0 Å². The summed E-state index contributed by atoms with van der Waals surface area (Å²) in [5, 5.41) is 7.85. The van der Waals surface area contributed by atoms with Crippen molar-refractivity contribution in [3.63, 3.8) is 0 Å². The van der Waals surface area contributed by atoms with E-state index in [1.807, 2.05) is 0 Å². The highest BCUT2D eigenvalue weighted by atomic mass is 32.1. The van der Waals surface area contributed by atoms with E-state index in [1.165, 1.54) is 11.1 Å². The van der Waals surface area contributed by atoms with E-state index < -0.39 is 0 Å². The van der Waals surface area contributed by atoms with Gasteiger partial charge in [-0.2, -0.15) is 11.3 Å². The SMILES string of the molecule is CCC(N)(CC)CNCc1cscc1C. The van der Waals surface area contributed by atoms with E-state index in [0.29, 0.717) is 0 Å². The van der Waals surface area contributed by atoms with Crippen LogP contribution in [0.3, 0.4) is 0 Å². The third-order valence-electron chi connectivity index (χ3n) is 3.16. The van der Waals surface area contributed by atoms with E-state index in [4.69, 9.17) is 5.73 Å². The highest BCUT2D eigenvalue weighted by Gasteiger charge is 2.19. The Kier molecular flexibility index (Phi) is 4.77. The van der Waals surface area contributed by atoms with Crippen molar-refractivity contribution < 1.29 is 0 Å². The molecule has 0 aliphatic heterocycles. The normalized spacial score (nSPS) is 12.0. The zero-order chi connectivity index (χ0) is 11.3. The lowest BCUT2D eigenvalue weighted by Crippen LogP contribution is -2.47. The first-order valence-corrected chi connectivity index (χ1v) is 6.57. The van der Waals surface area contributed by atoms with E-state index in [0.717, 1.165) is 25.9 Å². The van der Waals surface area contributed by atoms with Gasteiger partial charge in [-0.3, -0.25) is 0 Å². The van der Waals surface area contributed by atoms with Crippen LogP contribution < -0.4 is 11.1 Å². The Labute approximate surface area is 96.9 Å². The van der Waals surface area contributed by atoms with Gasteiger partial charge in [0.25, 0.3) is 0 Å². The van der Waals surface area contributed by atoms with Crippen LogP contribution in [0.1, 0.15) is 37.8 Å². The van der Waals surface area contributed by atoms with E-state index in [2.05, 4.69) is 36.8 Å². The first-order chi connectivity index (χ1) is 7.11. The van der Waals surface area contributed by atoms with Crippen LogP contribution in [0.25, 0.3) is 0 Å². The molecule has 0 unspecified atom stereocenters. The number of aryl methyl sites for hydroxylation is 1. The Morgan fingerprint density at radius 2 is 2.00 bits per heavy atom. The predicted octanol–water partition coefficient (Wildman–Crippen LogP) is 2.66. The van der Waals surface area contributed by atoms with Gasteiger partial charge in [-0.1, -0.05) is 13.8 Å². The van der Waals surface area contributed by atoms with Crippen molar-refractivity contribution in [3.05, 3.63) is 21.9 Å². The smallest absolute Gasteiger partial charge is 0.0275 e. The Hall–Kier alpha value is -0.380. The summed E-state index contributed by atoms with van der Waals surface area (Å²) in [6, 6.07) is 0. The van der Waals surface area contributed by atoms with Crippen LogP contribution in [0.2, 0.25) is 0 Å². The van der Waals surface area contributed by atoms with E-state index in [1.54, 1.807) is 11.3 Å². The lowest BCUT2D eigenvalue weighted by Gasteiger charge is -2.27. The first kappa shape index (κ1) is 12.7. The molecule has 1 aromatic heterocycles. The number of nitrogens with two attached hydrogens (primary N) is 1. The van der Waals surface area contributed by atoms with Gasteiger partial charge in [-0.15, -0.1) is 0 Å². The summed E-state index contributed by atoms with van der Waals surface area (Å²) < 4.78 is 0. The van der Waals surface area contributed by atoms with E-state index >= 15 is 0 Å². The van der Waals surface area contributed by atoms with E-state index in [-0.39, 0.29) is 5.54 Å². The van der Waals surface area contributed by atoms with Crippen LogP contribution in [0.5, 0.6) is 0 Å². The maximum absolute atomic E-state index is 6.21. The molecular weight excluding hydrogens is 204 g/mol. The molecule has 0 saturated heterocycles. The van der Waals surface area contributed by atoms with Crippen LogP contribution in [-0.2, 0) is 6.54 Å². The molecule has 0 aliphatic rings. The number of thiophene rings is 1. The molecule has 0 atom stereocenters. The average molecular weight is 226 g/mol. The number of rotatable bonds is 6. The highest BCUT2D eigenvalue weighted by molar-refractivity contribution is 7.08. The van der Waals surface area contributed by atoms with Crippen LogP contribution in [0.15, 0.2) is 10.8 Å². The first-order valence-electron chi connectivity index (χ1n) is 5.62. The van der Waals surface area contributed by atoms with Gasteiger partial charge in [-0.25, -0.2) is 0 Å². The average Bonchev–Trinajstić information content (AvgIpc) is 2.64. The third kappa shape index (κ3) is 3.59. The Morgan fingerprint density at radius 3 is 2.47 bits per heavy atom. The molecule has 1 aromatic rings. The summed E-state index contributed by atoms with van der Waals surface area (Å²) in [4.78, 5) is 0. The molecule has 1 rings (SSSR count). The molecule has 3 N–H and O–H groups in total. The standard InChI is InChI=1S/C12H22N2S/c1-4-12(13,5-2)9-14-6-11-8-15-7-10(11)3/h7-8,14H,4-6,9,13H2,1-3H3. The molecular formula is C12H22N2S. The second-order valence-electron chi connectivity index (χ2n) is 4.25. The van der Waals surface area contributed by atoms with Gasteiger partial charge >= 0.3 is 0 Å². The van der Waals surface area contributed by atoms with Gasteiger partial charge < -0.3 is 11.1 Å². The molecule has 2 nitrogen and oxygen atoms in total. The van der Waals surface area contributed by atoms with Crippen LogP contribution >= 0.6 is 11.3 Å². The Bertz CT molecular complexity index is 290. The van der Waals surface area contributed by atoms with Crippen molar-refractivity contribution in [2.24, 2.45) is 5.73 Å². The molecule has 3 heteroatoms. The zero-order valence-corrected chi connectivity index (χ0v) is 10.8. The summed E-state index contributed by atoms with van der Waals surface area (Å²) in [5.41, 5.74) is 8.95. The maximum atomic E-state index is 6.21. The van der Waals surface area contributed by atoms with Gasteiger partial charge in [0.2, 0.25) is 0 Å². The van der Waals surface area contributed by atoms with Gasteiger partial charge in [0.1, 0.15) is 0 Å². The second-order valence-corrected chi connectivity index (χ2v) is 5.00. The fraction of sp³-hybridized carbons (Fsp3) is 0.667. The predicted molar refractivity (Wildman–Crippen MR) is 68.3 cm³/mol. The summed E-state index contributed by atoms with van der Waals surface area (Å²) >= 11 is 1.76. The van der Waals surface area contributed by atoms with Crippen LogP contribution in [0, 0.1) is 6.92 Å². The van der Waals surface area contributed by atoms with Crippen LogP contribution in [0.4, 0.5) is 0 Å². The molecule has 0 fully saturated rings. The van der Waals surface area contributed by atoms with Crippen LogP contribution in [-0.4, -0.2) is 12.1 Å². The molecule has 0 amide bonds. The van der Waals surface area contributed by atoms with Crippen molar-refractivity contribution in [2.75, 3.05) is 6.54 Å². The molecule has 15 heavy (non-hydrogen) atoms. The largest absolute Gasteiger partial charge is 0.324 e. The van der Waals surface area contributed by atoms with Crippen molar-refractivity contribution in [2.45, 2.75) is 45.7 Å². The molecule has 0 spiro atoms. The number of hydrogen-bond donors (Lipinski definition) is 2. The summed E-state index contributed by atoms with van der Waals surface area (Å²) in [7, 11) is 0. The molecule has 0 radical (unpaired) electrons. The fourth-order valence-electron chi connectivity index (χ4n) is 1.51. The van der Waals surface area contributed by atoms with Gasteiger partial charge in [-0.05, 0) is 41.7 Å². The van der Waals surface area contributed by atoms with Crippen molar-refractivity contribution >= 4 is 11.3 Å². The number of nitrogens with one attached hydrogen (secondary N) is 1. The van der Waals surface area contributed by atoms with Crippen molar-refractivity contribution in [1.29, 1.82) is 0 Å². The summed E-state index contributed by atoms with van der Waals surface area (Å²) in [5.74, 6) is 0. The third-order valence-corrected chi connectivity index (χ3v) is 4.07. The van der Waals surface area contributed by atoms with Crippen molar-refractivity contribution in [1.82, 2.24) is 5.32 Å². The van der Waals surface area contributed by atoms with Gasteiger partial charge in [0.05, 0.1) is 0 Å². The fourth-order valence-corrected chi connectivity index (χ4v) is 2.37. The zero-order valence-electron chi connectivity index (χ0n) is 9.97. The summed E-state index contributed by atoms with van der Waals surface area (Å²) in [6.45, 7) is 8.30. The van der Waals surface area contributed by atoms with Gasteiger partial charge in [0, 0.05) is 18.6 Å². The Morgan fingerprint density at radius 1 is 1.33 bits per heavy atom. The molecule has 0 saturated carbocycles. The quantitative estimate of drug-likeness (QED) is 0.782. The van der Waals surface area contributed by atoms with E-state index in [9.17, 15) is 0 Å². The highest BCUT2D eigenvalue weighted by Crippen LogP contribution is 2.14. The molecule has 0 bridgehead atoms. The minimum atomic E-state index is -0.0378. The number of hydrogen-bond acceptors (Lipinski definition) is 3. The monoisotopic (exact) mass is 226 g/mol. The lowest BCUT2D eigenvalue weighted by atomic mass is 9.94. The van der Waals surface area contributed by atoms with Gasteiger partial charge in [0.15, 0.2) is 0 Å². The Balaban J connectivity index is 2.36. The maximum Gasteiger partial charge on any atom is 0.0275 e. The minimum absolute atomic E-state index is 0.0378. The molecule has 0 aliphatic carbocycles. The molecule has 86 valence electrons. The second kappa shape index (κ2) is 5.64. The summed E-state index contributed by atoms with van der Waals surface area (Å²) in [6.07, 6.45) is 2.05.